The molecule has 2 aromatic carbocycles. The van der Waals surface area contributed by atoms with Gasteiger partial charge in [-0.25, -0.2) is 0 Å². The van der Waals surface area contributed by atoms with E-state index in [0.717, 1.165) is 11.1 Å². The molecule has 2 rings (SSSR count). The SMILES string of the molecule is CN=C(NCc1ccccc1COC)NCc1cc(Cl)ccc1OC(F)F. The highest BCUT2D eigenvalue weighted by molar-refractivity contribution is 6.30. The Balaban J connectivity index is 2.00. The molecule has 146 valence electrons. The van der Waals surface area contributed by atoms with Gasteiger partial charge >= 0.3 is 6.61 Å². The van der Waals surface area contributed by atoms with Crippen LogP contribution in [0.3, 0.4) is 0 Å². The highest BCUT2D eigenvalue weighted by Crippen LogP contribution is 2.24. The fourth-order valence-electron chi connectivity index (χ4n) is 2.50. The van der Waals surface area contributed by atoms with Gasteiger partial charge in [0, 0.05) is 37.8 Å². The highest BCUT2D eigenvalue weighted by atomic mass is 35.5. The van der Waals surface area contributed by atoms with Crippen molar-refractivity contribution < 1.29 is 18.3 Å². The van der Waals surface area contributed by atoms with Crippen molar-refractivity contribution in [2.75, 3.05) is 14.2 Å². The van der Waals surface area contributed by atoms with Crippen LogP contribution in [-0.4, -0.2) is 26.7 Å². The highest BCUT2D eigenvalue weighted by Gasteiger charge is 2.11. The first kappa shape index (κ1) is 20.9. The maximum atomic E-state index is 12.6. The van der Waals surface area contributed by atoms with Crippen LogP contribution in [0.15, 0.2) is 47.5 Å². The maximum Gasteiger partial charge on any atom is 0.387 e. The van der Waals surface area contributed by atoms with Gasteiger partial charge in [-0.15, -0.1) is 0 Å². The first-order valence-electron chi connectivity index (χ1n) is 8.27. The molecular weight excluding hydrogens is 376 g/mol. The van der Waals surface area contributed by atoms with Crippen molar-refractivity contribution in [1.29, 1.82) is 0 Å². The predicted molar refractivity (Wildman–Crippen MR) is 102 cm³/mol. The van der Waals surface area contributed by atoms with Gasteiger partial charge < -0.3 is 20.1 Å². The lowest BCUT2D eigenvalue weighted by atomic mass is 10.1. The quantitative estimate of drug-likeness (QED) is 0.523. The third kappa shape index (κ3) is 6.69. The molecule has 0 unspecified atom stereocenters. The molecule has 27 heavy (non-hydrogen) atoms. The Kier molecular flexibility index (Phi) is 8.29. The second-order valence-corrected chi connectivity index (χ2v) is 6.05. The van der Waals surface area contributed by atoms with Gasteiger partial charge in [0.2, 0.25) is 0 Å². The summed E-state index contributed by atoms with van der Waals surface area (Å²) >= 11 is 5.96. The Bertz CT molecular complexity index is 772. The second-order valence-electron chi connectivity index (χ2n) is 5.61. The van der Waals surface area contributed by atoms with Gasteiger partial charge in [-0.3, -0.25) is 4.99 Å². The van der Waals surface area contributed by atoms with E-state index in [0.29, 0.717) is 29.7 Å². The zero-order valence-electron chi connectivity index (χ0n) is 15.1. The van der Waals surface area contributed by atoms with Crippen molar-refractivity contribution in [3.63, 3.8) is 0 Å². The Hall–Kier alpha value is -2.38. The molecule has 0 aromatic heterocycles. The van der Waals surface area contributed by atoms with Gasteiger partial charge in [0.25, 0.3) is 0 Å². The monoisotopic (exact) mass is 397 g/mol. The Morgan fingerprint density at radius 3 is 2.37 bits per heavy atom. The van der Waals surface area contributed by atoms with Crippen LogP contribution in [0.4, 0.5) is 8.78 Å². The van der Waals surface area contributed by atoms with Crippen LogP contribution < -0.4 is 15.4 Å². The van der Waals surface area contributed by atoms with Crippen molar-refractivity contribution in [2.24, 2.45) is 4.99 Å². The molecular formula is C19H22ClF2N3O2. The van der Waals surface area contributed by atoms with Crippen LogP contribution in [-0.2, 0) is 24.4 Å². The van der Waals surface area contributed by atoms with Gasteiger partial charge in [-0.05, 0) is 29.3 Å². The fraction of sp³-hybridized carbons (Fsp3) is 0.316. The molecule has 0 aliphatic carbocycles. The molecule has 8 heteroatoms. The minimum atomic E-state index is -2.90. The summed E-state index contributed by atoms with van der Waals surface area (Å²) in [6, 6.07) is 12.4. The average Bonchev–Trinajstić information content (AvgIpc) is 2.65. The molecule has 5 nitrogen and oxygen atoms in total. The predicted octanol–water partition coefficient (Wildman–Crippen LogP) is 3.95. The lowest BCUT2D eigenvalue weighted by Crippen LogP contribution is -2.36. The number of hydrogen-bond acceptors (Lipinski definition) is 3. The first-order chi connectivity index (χ1) is 13.0. The third-order valence-electron chi connectivity index (χ3n) is 3.77. The zero-order chi connectivity index (χ0) is 19.6. The number of benzene rings is 2. The maximum absolute atomic E-state index is 12.6. The standard InChI is InChI=1S/C19H22ClF2N3O2/c1-23-19(24-10-13-5-3-4-6-14(13)12-26-2)25-11-15-9-16(20)7-8-17(15)27-18(21)22/h3-9,18H,10-12H2,1-2H3,(H2,23,24,25). The van der Waals surface area contributed by atoms with E-state index in [1.807, 2.05) is 24.3 Å². The van der Waals surface area contributed by atoms with Crippen molar-refractivity contribution in [2.45, 2.75) is 26.3 Å². The van der Waals surface area contributed by atoms with Crippen LogP contribution >= 0.6 is 11.6 Å². The van der Waals surface area contributed by atoms with Gasteiger partial charge in [0.1, 0.15) is 5.75 Å². The van der Waals surface area contributed by atoms with Crippen molar-refractivity contribution in [3.8, 4) is 5.75 Å². The van der Waals surface area contributed by atoms with E-state index in [4.69, 9.17) is 16.3 Å². The van der Waals surface area contributed by atoms with Crippen LogP contribution in [0, 0.1) is 0 Å². The van der Waals surface area contributed by atoms with E-state index >= 15 is 0 Å². The minimum absolute atomic E-state index is 0.0720. The van der Waals surface area contributed by atoms with Gasteiger partial charge in [0.05, 0.1) is 6.61 Å². The molecule has 0 fully saturated rings. The van der Waals surface area contributed by atoms with Gasteiger partial charge in [0.15, 0.2) is 5.96 Å². The summed E-state index contributed by atoms with van der Waals surface area (Å²) in [5, 5.41) is 6.70. The van der Waals surface area contributed by atoms with Crippen LogP contribution in [0.2, 0.25) is 5.02 Å². The Morgan fingerprint density at radius 2 is 1.74 bits per heavy atom. The van der Waals surface area contributed by atoms with E-state index in [1.54, 1.807) is 20.2 Å². The molecule has 0 atom stereocenters. The molecule has 0 bridgehead atoms. The molecule has 0 saturated heterocycles. The lowest BCUT2D eigenvalue weighted by Gasteiger charge is -2.16. The van der Waals surface area contributed by atoms with E-state index in [-0.39, 0.29) is 12.3 Å². The van der Waals surface area contributed by atoms with Crippen LogP contribution in [0.25, 0.3) is 0 Å². The normalized spacial score (nSPS) is 11.6. The number of ether oxygens (including phenoxy) is 2. The molecule has 0 saturated carbocycles. The van der Waals surface area contributed by atoms with Crippen molar-refractivity contribution in [1.82, 2.24) is 10.6 Å². The lowest BCUT2D eigenvalue weighted by molar-refractivity contribution is -0.0504. The van der Waals surface area contributed by atoms with Gasteiger partial charge in [-0.1, -0.05) is 35.9 Å². The molecule has 2 N–H and O–H groups in total. The topological polar surface area (TPSA) is 54.9 Å². The molecule has 0 aliphatic heterocycles. The molecule has 0 radical (unpaired) electrons. The second kappa shape index (κ2) is 10.7. The summed E-state index contributed by atoms with van der Waals surface area (Å²) in [5.41, 5.74) is 2.66. The van der Waals surface area contributed by atoms with Crippen molar-refractivity contribution >= 4 is 17.6 Å². The number of methoxy groups -OCH3 is 1. The number of hydrogen-bond donors (Lipinski definition) is 2. The van der Waals surface area contributed by atoms with E-state index in [2.05, 4.69) is 20.4 Å². The number of rotatable bonds is 8. The summed E-state index contributed by atoms with van der Waals surface area (Å²) in [6.45, 7) is -1.63. The largest absolute Gasteiger partial charge is 0.434 e. The molecule has 0 aliphatic rings. The van der Waals surface area contributed by atoms with E-state index in [9.17, 15) is 8.78 Å². The number of halogens is 3. The smallest absolute Gasteiger partial charge is 0.387 e. The van der Waals surface area contributed by atoms with E-state index < -0.39 is 6.61 Å². The number of aliphatic imine (C=N–C) groups is 1. The Labute approximate surface area is 162 Å². The Morgan fingerprint density at radius 1 is 1.07 bits per heavy atom. The third-order valence-corrected chi connectivity index (χ3v) is 4.01. The number of nitrogens with one attached hydrogen (secondary N) is 2. The van der Waals surface area contributed by atoms with Crippen LogP contribution in [0.1, 0.15) is 16.7 Å². The molecule has 2 aromatic rings. The molecule has 0 heterocycles. The number of guanidine groups is 1. The molecule has 0 spiro atoms. The van der Waals surface area contributed by atoms with Crippen LogP contribution in [0.5, 0.6) is 5.75 Å². The summed E-state index contributed by atoms with van der Waals surface area (Å²) in [7, 11) is 3.28. The zero-order valence-corrected chi connectivity index (χ0v) is 15.9. The summed E-state index contributed by atoms with van der Waals surface area (Å²) in [6.07, 6.45) is 0. The summed E-state index contributed by atoms with van der Waals surface area (Å²) in [4.78, 5) is 4.15. The fourth-order valence-corrected chi connectivity index (χ4v) is 2.70. The number of nitrogens with zero attached hydrogens (tertiary/aromatic N) is 1. The summed E-state index contributed by atoms with van der Waals surface area (Å²) in [5.74, 6) is 0.591. The van der Waals surface area contributed by atoms with E-state index in [1.165, 1.54) is 12.1 Å². The summed E-state index contributed by atoms with van der Waals surface area (Å²) < 4.78 is 34.8. The average molecular weight is 398 g/mol. The minimum Gasteiger partial charge on any atom is -0.434 e. The van der Waals surface area contributed by atoms with Gasteiger partial charge in [-0.2, -0.15) is 8.78 Å². The van der Waals surface area contributed by atoms with Crippen molar-refractivity contribution in [3.05, 3.63) is 64.2 Å². The molecule has 0 amide bonds. The first-order valence-corrected chi connectivity index (χ1v) is 8.64. The number of alkyl halides is 2.